The highest BCUT2D eigenvalue weighted by Gasteiger charge is 2.28. The van der Waals surface area contributed by atoms with Gasteiger partial charge in [-0.2, -0.15) is 0 Å². The summed E-state index contributed by atoms with van der Waals surface area (Å²) in [5.74, 6) is 0.529. The van der Waals surface area contributed by atoms with Crippen LogP contribution in [0.3, 0.4) is 0 Å². The van der Waals surface area contributed by atoms with E-state index in [0.717, 1.165) is 0 Å². The van der Waals surface area contributed by atoms with Crippen LogP contribution < -0.4 is 10.6 Å². The van der Waals surface area contributed by atoms with Crippen molar-refractivity contribution < 1.29 is 9.53 Å². The fraction of sp³-hybridized carbons (Fsp3) is 0.938. The predicted molar refractivity (Wildman–Crippen MR) is 82.9 cm³/mol. The summed E-state index contributed by atoms with van der Waals surface area (Å²) in [5, 5.41) is 6.62. The number of nitrogens with one attached hydrogen (secondary N) is 2. The number of rotatable bonds is 6. The smallest absolute Gasteiger partial charge is 0.407 e. The number of hydrogen-bond acceptors (Lipinski definition) is 3. The van der Waals surface area contributed by atoms with Gasteiger partial charge in [-0.1, -0.05) is 19.8 Å². The molecule has 0 bridgehead atoms. The van der Waals surface area contributed by atoms with Crippen molar-refractivity contribution in [3.8, 4) is 0 Å². The summed E-state index contributed by atoms with van der Waals surface area (Å²) in [6.45, 7) is 10.8. The van der Waals surface area contributed by atoms with E-state index in [9.17, 15) is 4.79 Å². The van der Waals surface area contributed by atoms with E-state index in [2.05, 4.69) is 24.5 Å². The molecule has 0 aliphatic heterocycles. The zero-order valence-electron chi connectivity index (χ0n) is 13.8. The number of carbonyl (C=O) groups excluding carboxylic acids is 1. The lowest BCUT2D eigenvalue weighted by Gasteiger charge is -2.26. The van der Waals surface area contributed by atoms with Crippen molar-refractivity contribution in [2.24, 2.45) is 5.92 Å². The number of hydrogen-bond donors (Lipinski definition) is 2. The van der Waals surface area contributed by atoms with Gasteiger partial charge in [-0.25, -0.2) is 4.79 Å². The summed E-state index contributed by atoms with van der Waals surface area (Å²) < 4.78 is 5.28. The van der Waals surface area contributed by atoms with E-state index in [1.807, 2.05) is 20.8 Å². The molecule has 1 rings (SSSR count). The Morgan fingerprint density at radius 3 is 2.65 bits per heavy atom. The number of alkyl carbamates (subject to hydrolysis) is 1. The molecule has 4 heteroatoms. The normalized spacial score (nSPS) is 24.4. The monoisotopic (exact) mass is 284 g/mol. The summed E-state index contributed by atoms with van der Waals surface area (Å²) in [6.07, 6.45) is 5.77. The highest BCUT2D eigenvalue weighted by Crippen LogP contribution is 2.26. The van der Waals surface area contributed by atoms with Gasteiger partial charge in [-0.15, -0.1) is 0 Å². The zero-order valence-corrected chi connectivity index (χ0v) is 13.8. The fourth-order valence-corrected chi connectivity index (χ4v) is 2.91. The van der Waals surface area contributed by atoms with Crippen LogP contribution in [-0.4, -0.2) is 30.3 Å². The second-order valence-electron chi connectivity index (χ2n) is 7.04. The largest absolute Gasteiger partial charge is 0.444 e. The van der Waals surface area contributed by atoms with Gasteiger partial charge in [-0.3, -0.25) is 0 Å². The Hall–Kier alpha value is -0.770. The van der Waals surface area contributed by atoms with Gasteiger partial charge < -0.3 is 15.4 Å². The van der Waals surface area contributed by atoms with Crippen molar-refractivity contribution in [2.45, 2.75) is 84.4 Å². The molecule has 118 valence electrons. The van der Waals surface area contributed by atoms with Gasteiger partial charge in [0.1, 0.15) is 5.60 Å². The number of ether oxygens (including phenoxy) is 1. The van der Waals surface area contributed by atoms with E-state index in [1.54, 1.807) is 0 Å². The summed E-state index contributed by atoms with van der Waals surface area (Å²) >= 11 is 0. The Balaban J connectivity index is 2.33. The maximum absolute atomic E-state index is 11.7. The molecule has 4 nitrogen and oxygen atoms in total. The van der Waals surface area contributed by atoms with Crippen LogP contribution in [0.2, 0.25) is 0 Å². The molecule has 1 amide bonds. The van der Waals surface area contributed by atoms with Gasteiger partial charge in [0.05, 0.1) is 0 Å². The average molecular weight is 284 g/mol. The van der Waals surface area contributed by atoms with Crippen LogP contribution in [-0.2, 0) is 4.74 Å². The Kier molecular flexibility index (Phi) is 6.80. The maximum atomic E-state index is 11.7. The highest BCUT2D eigenvalue weighted by atomic mass is 16.6. The van der Waals surface area contributed by atoms with E-state index >= 15 is 0 Å². The van der Waals surface area contributed by atoms with Gasteiger partial charge in [0, 0.05) is 18.6 Å². The molecule has 0 heterocycles. The highest BCUT2D eigenvalue weighted by molar-refractivity contribution is 5.67. The van der Waals surface area contributed by atoms with Gasteiger partial charge in [0.2, 0.25) is 0 Å². The molecular weight excluding hydrogens is 252 g/mol. The van der Waals surface area contributed by atoms with Crippen LogP contribution in [0.1, 0.15) is 66.7 Å². The van der Waals surface area contributed by atoms with Crippen molar-refractivity contribution in [1.29, 1.82) is 0 Å². The molecule has 1 aliphatic carbocycles. The lowest BCUT2D eigenvalue weighted by atomic mass is 10.0. The second kappa shape index (κ2) is 7.87. The summed E-state index contributed by atoms with van der Waals surface area (Å²) in [6, 6.07) is 1.10. The summed E-state index contributed by atoms with van der Waals surface area (Å²) in [5.41, 5.74) is -0.424. The van der Waals surface area contributed by atoms with Crippen LogP contribution in [0.15, 0.2) is 0 Å². The lowest BCUT2D eigenvalue weighted by Crippen LogP contribution is -2.43. The molecular formula is C16H32N2O2. The van der Waals surface area contributed by atoms with Crippen LogP contribution >= 0.6 is 0 Å². The minimum absolute atomic E-state index is 0.301. The minimum atomic E-state index is -0.424. The first-order chi connectivity index (χ1) is 9.31. The third-order valence-electron chi connectivity index (χ3n) is 3.79. The third kappa shape index (κ3) is 6.60. The SMILES string of the molecule is CCCC(C)NC1CCCC1CNC(=O)OC(C)(C)C. The van der Waals surface area contributed by atoms with Crippen molar-refractivity contribution in [1.82, 2.24) is 10.6 Å². The first-order valence-corrected chi connectivity index (χ1v) is 8.04. The summed E-state index contributed by atoms with van der Waals surface area (Å²) in [7, 11) is 0. The van der Waals surface area contributed by atoms with Gasteiger partial charge >= 0.3 is 6.09 Å². The molecule has 0 aromatic heterocycles. The molecule has 0 saturated heterocycles. The van der Waals surface area contributed by atoms with E-state index in [-0.39, 0.29) is 6.09 Å². The summed E-state index contributed by atoms with van der Waals surface area (Å²) in [4.78, 5) is 11.7. The van der Waals surface area contributed by atoms with Crippen LogP contribution in [0.5, 0.6) is 0 Å². The van der Waals surface area contributed by atoms with E-state index in [1.165, 1.54) is 32.1 Å². The molecule has 0 spiro atoms. The Morgan fingerprint density at radius 1 is 1.35 bits per heavy atom. The minimum Gasteiger partial charge on any atom is -0.444 e. The van der Waals surface area contributed by atoms with Gasteiger partial charge in [0.15, 0.2) is 0 Å². The molecule has 0 aromatic carbocycles. The van der Waals surface area contributed by atoms with Crippen LogP contribution in [0, 0.1) is 5.92 Å². The molecule has 1 fully saturated rings. The standard InChI is InChI=1S/C16H32N2O2/c1-6-8-12(2)18-14-10-7-9-13(14)11-17-15(19)20-16(3,4)5/h12-14,18H,6-11H2,1-5H3,(H,17,19). The molecule has 1 aliphatic rings. The third-order valence-corrected chi connectivity index (χ3v) is 3.79. The number of carbonyl (C=O) groups is 1. The Morgan fingerprint density at radius 2 is 2.05 bits per heavy atom. The molecule has 3 unspecified atom stereocenters. The van der Waals surface area contributed by atoms with Crippen molar-refractivity contribution in [3.63, 3.8) is 0 Å². The van der Waals surface area contributed by atoms with Crippen LogP contribution in [0.4, 0.5) is 4.79 Å². The van der Waals surface area contributed by atoms with Crippen LogP contribution in [0.25, 0.3) is 0 Å². The van der Waals surface area contributed by atoms with Crippen molar-refractivity contribution >= 4 is 6.09 Å². The molecule has 1 saturated carbocycles. The molecule has 20 heavy (non-hydrogen) atoms. The second-order valence-corrected chi connectivity index (χ2v) is 7.04. The lowest BCUT2D eigenvalue weighted by molar-refractivity contribution is 0.0517. The topological polar surface area (TPSA) is 50.4 Å². The molecule has 2 N–H and O–H groups in total. The predicted octanol–water partition coefficient (Wildman–Crippen LogP) is 3.46. The number of amides is 1. The first-order valence-electron chi connectivity index (χ1n) is 8.04. The molecule has 3 atom stereocenters. The van der Waals surface area contributed by atoms with Crippen molar-refractivity contribution in [3.05, 3.63) is 0 Å². The van der Waals surface area contributed by atoms with E-state index in [4.69, 9.17) is 4.74 Å². The average Bonchev–Trinajstić information content (AvgIpc) is 2.71. The zero-order chi connectivity index (χ0) is 15.2. The maximum Gasteiger partial charge on any atom is 0.407 e. The van der Waals surface area contributed by atoms with Gasteiger partial charge in [-0.05, 0) is 52.9 Å². The Labute approximate surface area is 124 Å². The van der Waals surface area contributed by atoms with E-state index in [0.29, 0.717) is 24.5 Å². The quantitative estimate of drug-likeness (QED) is 0.785. The fourth-order valence-electron chi connectivity index (χ4n) is 2.91. The molecule has 0 aromatic rings. The Bertz CT molecular complexity index is 299. The van der Waals surface area contributed by atoms with Gasteiger partial charge in [0.25, 0.3) is 0 Å². The van der Waals surface area contributed by atoms with Crippen molar-refractivity contribution in [2.75, 3.05) is 6.54 Å². The van der Waals surface area contributed by atoms with E-state index < -0.39 is 5.60 Å². The molecule has 0 radical (unpaired) electrons. The first kappa shape index (κ1) is 17.3.